The number of sulfonamides is 1. The summed E-state index contributed by atoms with van der Waals surface area (Å²) in [5, 5.41) is 23.6. The Balaban J connectivity index is 1.14. The van der Waals surface area contributed by atoms with Crippen molar-refractivity contribution in [2.75, 3.05) is 13.6 Å². The summed E-state index contributed by atoms with van der Waals surface area (Å²) in [5.74, 6) is -0.443. The fourth-order valence-corrected chi connectivity index (χ4v) is 8.00. The number of ether oxygens (including phenoxy) is 2. The molecule has 0 aliphatic carbocycles. The number of aliphatic hydroxyl groups is 2. The monoisotopic (exact) mass is 777 g/mol. The van der Waals surface area contributed by atoms with Crippen molar-refractivity contribution in [3.8, 4) is 0 Å². The topological polar surface area (TPSA) is 137 Å². The molecule has 1 saturated heterocycles. The first-order valence-electron chi connectivity index (χ1n) is 18.9. The summed E-state index contributed by atoms with van der Waals surface area (Å²) in [7, 11) is -1.99. The van der Waals surface area contributed by atoms with E-state index in [1.807, 2.05) is 130 Å². The molecule has 4 N–H and O–H groups in total. The smallest absolute Gasteiger partial charge is 0.241 e. The minimum Gasteiger partial charge on any atom is -0.392 e. The van der Waals surface area contributed by atoms with Gasteiger partial charge in [0.05, 0.1) is 29.8 Å². The SMILES string of the molecule is Cc1ccc(S(=O)(=O)NC(Cc2ccccc2)C(=O)NCc2ccc(C3OC(CN(C)C(C)C(O)c4ccccc4)CC(c4ccc(CO)cc4)O3)cc2)cc1. The predicted octanol–water partition coefficient (Wildman–Crippen LogP) is 6.29. The number of benzene rings is 5. The molecule has 10 nitrogen and oxygen atoms in total. The Morgan fingerprint density at radius 2 is 1.41 bits per heavy atom. The second-order valence-electron chi connectivity index (χ2n) is 14.5. The highest BCUT2D eigenvalue weighted by atomic mass is 32.2. The minimum atomic E-state index is -3.97. The quantitative estimate of drug-likeness (QED) is 0.0918. The van der Waals surface area contributed by atoms with Gasteiger partial charge in [-0.3, -0.25) is 9.69 Å². The van der Waals surface area contributed by atoms with E-state index >= 15 is 0 Å². The molecule has 11 heteroatoms. The molecule has 1 amide bonds. The van der Waals surface area contributed by atoms with Gasteiger partial charge in [0.1, 0.15) is 6.04 Å². The van der Waals surface area contributed by atoms with Crippen LogP contribution in [0.25, 0.3) is 0 Å². The third-order valence-electron chi connectivity index (χ3n) is 10.3. The number of likely N-dealkylation sites (N-methyl/N-ethyl adjacent to an activating group) is 1. The number of hydrogen-bond donors (Lipinski definition) is 4. The number of rotatable bonds is 16. The summed E-state index contributed by atoms with van der Waals surface area (Å²) in [6.07, 6.45) is -1.09. The number of carbonyl (C=O) groups excluding carboxylic acids is 1. The van der Waals surface area contributed by atoms with E-state index in [-0.39, 0.29) is 42.7 Å². The van der Waals surface area contributed by atoms with Gasteiger partial charge in [-0.15, -0.1) is 0 Å². The Bertz CT molecular complexity index is 2100. The van der Waals surface area contributed by atoms with Gasteiger partial charge in [0, 0.05) is 31.1 Å². The molecule has 6 atom stereocenters. The summed E-state index contributed by atoms with van der Waals surface area (Å²) in [4.78, 5) is 15.8. The molecule has 0 saturated carbocycles. The Kier molecular flexibility index (Phi) is 13.8. The van der Waals surface area contributed by atoms with Gasteiger partial charge in [-0.05, 0) is 67.3 Å². The van der Waals surface area contributed by atoms with Crippen LogP contribution in [0.15, 0.2) is 138 Å². The van der Waals surface area contributed by atoms with Crippen LogP contribution in [0.3, 0.4) is 0 Å². The normalized spacial score (nSPS) is 18.9. The average molecular weight is 778 g/mol. The van der Waals surface area contributed by atoms with E-state index in [0.717, 1.165) is 38.9 Å². The summed E-state index contributed by atoms with van der Waals surface area (Å²) in [6, 6.07) is 39.5. The van der Waals surface area contributed by atoms with Crippen LogP contribution in [0.4, 0.5) is 0 Å². The van der Waals surface area contributed by atoms with Crippen LogP contribution in [0.5, 0.6) is 0 Å². The van der Waals surface area contributed by atoms with Crippen molar-refractivity contribution in [1.82, 2.24) is 14.9 Å². The molecular weight excluding hydrogens is 727 g/mol. The summed E-state index contributed by atoms with van der Waals surface area (Å²) in [6.45, 7) is 4.57. The van der Waals surface area contributed by atoms with E-state index in [0.29, 0.717) is 13.0 Å². The van der Waals surface area contributed by atoms with E-state index in [9.17, 15) is 23.4 Å². The van der Waals surface area contributed by atoms with E-state index in [4.69, 9.17) is 9.47 Å². The highest BCUT2D eigenvalue weighted by Crippen LogP contribution is 2.38. The van der Waals surface area contributed by atoms with Gasteiger partial charge in [0.25, 0.3) is 0 Å². The minimum absolute atomic E-state index is 0.0455. The highest BCUT2D eigenvalue weighted by Gasteiger charge is 2.34. The zero-order valence-electron chi connectivity index (χ0n) is 32.0. The van der Waals surface area contributed by atoms with E-state index in [1.54, 1.807) is 12.1 Å². The molecule has 1 aliphatic rings. The van der Waals surface area contributed by atoms with E-state index in [2.05, 4.69) is 14.9 Å². The first kappa shape index (κ1) is 40.9. The molecule has 0 spiro atoms. The number of aryl methyl sites for hydroxylation is 1. The molecule has 5 aromatic rings. The van der Waals surface area contributed by atoms with Crippen LogP contribution in [0.2, 0.25) is 0 Å². The Labute approximate surface area is 330 Å². The Morgan fingerprint density at radius 3 is 2.05 bits per heavy atom. The standard InChI is InChI=1S/C45H51N3O7S/c1-31-14-24-40(25-15-31)56(52,53)47-41(26-33-10-6-4-7-11-33)44(51)46-28-34-16-22-38(23-17-34)45-54-39(27-42(55-45)36-20-18-35(30-49)19-21-36)29-48(3)32(2)43(50)37-12-8-5-9-13-37/h4-25,32,39,41-43,45,47,49-50H,26-30H2,1-3H3,(H,46,51). The number of amides is 1. The van der Waals surface area contributed by atoms with Crippen LogP contribution in [0, 0.1) is 6.92 Å². The van der Waals surface area contributed by atoms with Crippen molar-refractivity contribution in [2.24, 2.45) is 0 Å². The largest absolute Gasteiger partial charge is 0.392 e. The zero-order valence-corrected chi connectivity index (χ0v) is 32.8. The average Bonchev–Trinajstić information content (AvgIpc) is 3.23. The number of nitrogens with one attached hydrogen (secondary N) is 2. The zero-order chi connectivity index (χ0) is 39.7. The van der Waals surface area contributed by atoms with Gasteiger partial charge >= 0.3 is 0 Å². The third-order valence-corrected chi connectivity index (χ3v) is 11.8. The molecule has 294 valence electrons. The second-order valence-corrected chi connectivity index (χ2v) is 16.2. The summed E-state index contributed by atoms with van der Waals surface area (Å²) in [5.41, 5.74) is 6.01. The maximum absolute atomic E-state index is 13.6. The van der Waals surface area contributed by atoms with Crippen LogP contribution < -0.4 is 10.0 Å². The maximum atomic E-state index is 13.6. The number of aliphatic hydroxyl groups excluding tert-OH is 2. The molecule has 5 aromatic carbocycles. The molecule has 1 heterocycles. The van der Waals surface area contributed by atoms with Gasteiger partial charge in [0.2, 0.25) is 15.9 Å². The molecular formula is C45H51N3O7S. The van der Waals surface area contributed by atoms with E-state index in [1.165, 1.54) is 12.1 Å². The lowest BCUT2D eigenvalue weighted by molar-refractivity contribution is -0.253. The van der Waals surface area contributed by atoms with Gasteiger partial charge in [-0.2, -0.15) is 4.72 Å². The third kappa shape index (κ3) is 10.8. The van der Waals surface area contributed by atoms with Crippen LogP contribution >= 0.6 is 0 Å². The van der Waals surface area contributed by atoms with Crippen LogP contribution in [-0.4, -0.2) is 61.2 Å². The van der Waals surface area contributed by atoms with E-state index < -0.39 is 34.4 Å². The molecule has 1 fully saturated rings. The molecule has 0 radical (unpaired) electrons. The van der Waals surface area contributed by atoms with Crippen molar-refractivity contribution in [1.29, 1.82) is 0 Å². The first-order chi connectivity index (χ1) is 27.0. The van der Waals surface area contributed by atoms with Gasteiger partial charge in [-0.1, -0.05) is 127 Å². The van der Waals surface area contributed by atoms with Crippen molar-refractivity contribution in [2.45, 2.75) is 81.4 Å². The first-order valence-corrected chi connectivity index (χ1v) is 20.4. The van der Waals surface area contributed by atoms with Crippen molar-refractivity contribution < 1.29 is 32.9 Å². The maximum Gasteiger partial charge on any atom is 0.241 e. The molecule has 6 unspecified atom stereocenters. The number of carbonyl (C=O) groups is 1. The van der Waals surface area contributed by atoms with Gasteiger partial charge < -0.3 is 25.0 Å². The van der Waals surface area contributed by atoms with Crippen molar-refractivity contribution in [3.63, 3.8) is 0 Å². The van der Waals surface area contributed by atoms with Crippen molar-refractivity contribution >= 4 is 15.9 Å². The predicted molar refractivity (Wildman–Crippen MR) is 216 cm³/mol. The fourth-order valence-electron chi connectivity index (χ4n) is 6.81. The Morgan fingerprint density at radius 1 is 0.804 bits per heavy atom. The summed E-state index contributed by atoms with van der Waals surface area (Å²) >= 11 is 0. The lowest BCUT2D eigenvalue weighted by Crippen LogP contribution is -2.47. The number of hydrogen-bond acceptors (Lipinski definition) is 8. The number of nitrogens with zero attached hydrogens (tertiary/aromatic N) is 1. The molecule has 0 aromatic heterocycles. The molecule has 1 aliphatic heterocycles. The summed E-state index contributed by atoms with van der Waals surface area (Å²) < 4.78 is 42.4. The van der Waals surface area contributed by atoms with Gasteiger partial charge in [0.15, 0.2) is 6.29 Å². The lowest BCUT2D eigenvalue weighted by Gasteiger charge is -2.39. The van der Waals surface area contributed by atoms with Gasteiger partial charge in [-0.25, -0.2) is 8.42 Å². The molecule has 0 bridgehead atoms. The fraction of sp³-hybridized carbons (Fsp3) is 0.311. The molecule has 56 heavy (non-hydrogen) atoms. The highest BCUT2D eigenvalue weighted by molar-refractivity contribution is 7.89. The van der Waals surface area contributed by atoms with Crippen LogP contribution in [-0.2, 0) is 43.9 Å². The molecule has 6 rings (SSSR count). The van der Waals surface area contributed by atoms with Crippen molar-refractivity contribution in [3.05, 3.63) is 172 Å². The Hall–Kier alpha value is -4.72. The van der Waals surface area contributed by atoms with Crippen LogP contribution in [0.1, 0.15) is 70.8 Å². The lowest BCUT2D eigenvalue weighted by atomic mass is 9.98. The second kappa shape index (κ2) is 18.9.